The van der Waals surface area contributed by atoms with E-state index >= 15 is 0 Å². The molecule has 0 aromatic rings. The SMILES string of the molecule is CCCCOC(C)OCCN. The highest BCUT2D eigenvalue weighted by Crippen LogP contribution is 1.95. The van der Waals surface area contributed by atoms with Crippen molar-refractivity contribution in [1.82, 2.24) is 0 Å². The quantitative estimate of drug-likeness (QED) is 0.449. The third-order valence-corrected chi connectivity index (χ3v) is 1.32. The lowest BCUT2D eigenvalue weighted by molar-refractivity contribution is -0.128. The molecule has 2 N–H and O–H groups in total. The maximum atomic E-state index is 5.31. The molecule has 0 saturated heterocycles. The second kappa shape index (κ2) is 7.98. The van der Waals surface area contributed by atoms with Crippen LogP contribution in [-0.2, 0) is 9.47 Å². The van der Waals surface area contributed by atoms with E-state index < -0.39 is 0 Å². The molecule has 0 aromatic carbocycles. The summed E-state index contributed by atoms with van der Waals surface area (Å²) in [5.74, 6) is 0. The number of rotatable bonds is 7. The van der Waals surface area contributed by atoms with Gasteiger partial charge >= 0.3 is 0 Å². The molecule has 0 fully saturated rings. The van der Waals surface area contributed by atoms with Crippen LogP contribution >= 0.6 is 0 Å². The van der Waals surface area contributed by atoms with Crippen molar-refractivity contribution >= 4 is 0 Å². The molecule has 0 aromatic heterocycles. The Kier molecular flexibility index (Phi) is 7.89. The molecule has 1 atom stereocenters. The first-order chi connectivity index (χ1) is 5.31. The van der Waals surface area contributed by atoms with Crippen molar-refractivity contribution in [2.45, 2.75) is 33.0 Å². The van der Waals surface area contributed by atoms with Gasteiger partial charge in [-0.1, -0.05) is 13.3 Å². The minimum atomic E-state index is -0.106. The molecule has 3 heteroatoms. The lowest BCUT2D eigenvalue weighted by Crippen LogP contribution is -2.18. The summed E-state index contributed by atoms with van der Waals surface area (Å²) in [6.45, 7) is 5.94. The molecule has 0 rings (SSSR count). The van der Waals surface area contributed by atoms with E-state index in [0.29, 0.717) is 13.2 Å². The molecule has 0 aliphatic heterocycles. The predicted octanol–water partition coefficient (Wildman–Crippen LogP) is 1.12. The number of nitrogens with two attached hydrogens (primary N) is 1. The molecular weight excluding hydrogens is 142 g/mol. The average molecular weight is 161 g/mol. The van der Waals surface area contributed by atoms with Crippen molar-refractivity contribution in [2.75, 3.05) is 19.8 Å². The molecule has 0 radical (unpaired) electrons. The van der Waals surface area contributed by atoms with Crippen LogP contribution in [0.25, 0.3) is 0 Å². The molecule has 11 heavy (non-hydrogen) atoms. The Labute approximate surface area is 68.9 Å². The highest BCUT2D eigenvalue weighted by molar-refractivity contribution is 4.36. The van der Waals surface area contributed by atoms with Gasteiger partial charge in [-0.05, 0) is 13.3 Å². The number of hydrogen-bond acceptors (Lipinski definition) is 3. The Morgan fingerprint density at radius 3 is 2.45 bits per heavy atom. The number of unbranched alkanes of at least 4 members (excludes halogenated alkanes) is 1. The zero-order valence-corrected chi connectivity index (χ0v) is 7.51. The van der Waals surface area contributed by atoms with E-state index in [1.807, 2.05) is 6.92 Å². The first-order valence-electron chi connectivity index (χ1n) is 4.24. The summed E-state index contributed by atoms with van der Waals surface area (Å²) >= 11 is 0. The normalized spacial score (nSPS) is 13.4. The van der Waals surface area contributed by atoms with Gasteiger partial charge in [-0.3, -0.25) is 0 Å². The monoisotopic (exact) mass is 161 g/mol. The predicted molar refractivity (Wildman–Crippen MR) is 45.3 cm³/mol. The van der Waals surface area contributed by atoms with E-state index in [2.05, 4.69) is 6.92 Å². The highest BCUT2D eigenvalue weighted by atomic mass is 16.7. The van der Waals surface area contributed by atoms with Gasteiger partial charge in [0.1, 0.15) is 0 Å². The van der Waals surface area contributed by atoms with Gasteiger partial charge in [-0.25, -0.2) is 0 Å². The summed E-state index contributed by atoms with van der Waals surface area (Å²) in [6.07, 6.45) is 2.14. The van der Waals surface area contributed by atoms with Gasteiger partial charge < -0.3 is 15.2 Å². The van der Waals surface area contributed by atoms with Crippen LogP contribution in [-0.4, -0.2) is 26.0 Å². The molecule has 0 saturated carbocycles. The standard InChI is InChI=1S/C8H19NO2/c1-3-4-6-10-8(2)11-7-5-9/h8H,3-7,9H2,1-2H3. The Balaban J connectivity index is 3.02. The van der Waals surface area contributed by atoms with Gasteiger partial charge in [-0.2, -0.15) is 0 Å². The van der Waals surface area contributed by atoms with Gasteiger partial charge in [0.25, 0.3) is 0 Å². The van der Waals surface area contributed by atoms with Gasteiger partial charge in [0.15, 0.2) is 6.29 Å². The summed E-state index contributed by atoms with van der Waals surface area (Å²) in [6, 6.07) is 0. The van der Waals surface area contributed by atoms with E-state index in [1.165, 1.54) is 0 Å². The fourth-order valence-electron chi connectivity index (χ4n) is 0.676. The molecule has 3 nitrogen and oxygen atoms in total. The van der Waals surface area contributed by atoms with E-state index in [0.717, 1.165) is 19.4 Å². The summed E-state index contributed by atoms with van der Waals surface area (Å²) in [5, 5.41) is 0. The fourth-order valence-corrected chi connectivity index (χ4v) is 0.676. The Morgan fingerprint density at radius 2 is 1.91 bits per heavy atom. The Morgan fingerprint density at radius 1 is 1.27 bits per heavy atom. The third kappa shape index (κ3) is 7.78. The minimum Gasteiger partial charge on any atom is -0.353 e. The topological polar surface area (TPSA) is 44.5 Å². The highest BCUT2D eigenvalue weighted by Gasteiger charge is 1.98. The van der Waals surface area contributed by atoms with Crippen molar-refractivity contribution in [1.29, 1.82) is 0 Å². The van der Waals surface area contributed by atoms with Crippen LogP contribution in [0, 0.1) is 0 Å². The third-order valence-electron chi connectivity index (χ3n) is 1.32. The van der Waals surface area contributed by atoms with Crippen molar-refractivity contribution in [3.05, 3.63) is 0 Å². The van der Waals surface area contributed by atoms with Crippen molar-refractivity contribution < 1.29 is 9.47 Å². The van der Waals surface area contributed by atoms with Crippen molar-refractivity contribution in [3.63, 3.8) is 0 Å². The largest absolute Gasteiger partial charge is 0.353 e. The second-order valence-corrected chi connectivity index (χ2v) is 2.45. The minimum absolute atomic E-state index is 0.106. The van der Waals surface area contributed by atoms with E-state index in [1.54, 1.807) is 0 Å². The Hall–Kier alpha value is -0.120. The van der Waals surface area contributed by atoms with Crippen LogP contribution in [0.15, 0.2) is 0 Å². The molecule has 0 aliphatic rings. The first-order valence-corrected chi connectivity index (χ1v) is 4.24. The van der Waals surface area contributed by atoms with Crippen molar-refractivity contribution in [2.24, 2.45) is 5.73 Å². The molecule has 68 valence electrons. The van der Waals surface area contributed by atoms with Crippen LogP contribution < -0.4 is 5.73 Å². The van der Waals surface area contributed by atoms with Gasteiger partial charge in [0.2, 0.25) is 0 Å². The summed E-state index contributed by atoms with van der Waals surface area (Å²) in [7, 11) is 0. The average Bonchev–Trinajstić information content (AvgIpc) is 2.01. The van der Waals surface area contributed by atoms with Crippen LogP contribution in [0.3, 0.4) is 0 Å². The van der Waals surface area contributed by atoms with Gasteiger partial charge in [0.05, 0.1) is 6.61 Å². The van der Waals surface area contributed by atoms with Gasteiger partial charge in [0, 0.05) is 13.2 Å². The summed E-state index contributed by atoms with van der Waals surface area (Å²) in [5.41, 5.74) is 5.25. The van der Waals surface area contributed by atoms with E-state index in [4.69, 9.17) is 15.2 Å². The van der Waals surface area contributed by atoms with E-state index in [9.17, 15) is 0 Å². The van der Waals surface area contributed by atoms with Gasteiger partial charge in [-0.15, -0.1) is 0 Å². The van der Waals surface area contributed by atoms with Crippen LogP contribution in [0.5, 0.6) is 0 Å². The van der Waals surface area contributed by atoms with Crippen LogP contribution in [0.2, 0.25) is 0 Å². The van der Waals surface area contributed by atoms with Crippen LogP contribution in [0.4, 0.5) is 0 Å². The first kappa shape index (κ1) is 10.9. The van der Waals surface area contributed by atoms with E-state index in [-0.39, 0.29) is 6.29 Å². The Bertz CT molecular complexity index is 78.5. The smallest absolute Gasteiger partial charge is 0.154 e. The van der Waals surface area contributed by atoms with Crippen LogP contribution in [0.1, 0.15) is 26.7 Å². The molecule has 0 bridgehead atoms. The summed E-state index contributed by atoms with van der Waals surface area (Å²) in [4.78, 5) is 0. The fraction of sp³-hybridized carbons (Fsp3) is 1.00. The lowest BCUT2D eigenvalue weighted by atomic mass is 10.4. The maximum Gasteiger partial charge on any atom is 0.154 e. The molecule has 1 unspecified atom stereocenters. The zero-order valence-electron chi connectivity index (χ0n) is 7.51. The molecule has 0 spiro atoms. The lowest BCUT2D eigenvalue weighted by Gasteiger charge is -2.12. The summed E-state index contributed by atoms with van der Waals surface area (Å²) < 4.78 is 10.5. The molecule has 0 heterocycles. The maximum absolute atomic E-state index is 5.31. The number of hydrogen-bond donors (Lipinski definition) is 1. The molecule has 0 aliphatic carbocycles. The molecular formula is C8H19NO2. The number of ether oxygens (including phenoxy) is 2. The zero-order chi connectivity index (χ0) is 8.53. The second-order valence-electron chi connectivity index (χ2n) is 2.45. The van der Waals surface area contributed by atoms with Crippen molar-refractivity contribution in [3.8, 4) is 0 Å². The molecule has 0 amide bonds.